The lowest BCUT2D eigenvalue weighted by Crippen LogP contribution is -2.29. The molecule has 1 saturated heterocycles. The van der Waals surface area contributed by atoms with E-state index < -0.39 is 0 Å². The number of hydrogen-bond donors (Lipinski definition) is 3. The first-order valence-corrected chi connectivity index (χ1v) is 15.0. The number of H-pyrrole nitrogens is 2. The third kappa shape index (κ3) is 5.88. The van der Waals surface area contributed by atoms with E-state index in [2.05, 4.69) is 46.3 Å². The van der Waals surface area contributed by atoms with Gasteiger partial charge in [0.1, 0.15) is 11.5 Å². The molecule has 224 valence electrons. The van der Waals surface area contributed by atoms with Crippen molar-refractivity contribution in [3.63, 3.8) is 0 Å². The Morgan fingerprint density at radius 3 is 2.64 bits per heavy atom. The maximum atomic E-state index is 14.7. The van der Waals surface area contributed by atoms with Crippen LogP contribution >= 0.6 is 0 Å². The zero-order valence-electron chi connectivity index (χ0n) is 24.9. The van der Waals surface area contributed by atoms with Crippen molar-refractivity contribution in [2.75, 3.05) is 45.6 Å². The van der Waals surface area contributed by atoms with E-state index in [1.807, 2.05) is 38.6 Å². The average Bonchev–Trinajstić information content (AvgIpc) is 3.65. The molecule has 0 saturated carbocycles. The van der Waals surface area contributed by atoms with Gasteiger partial charge in [-0.05, 0) is 81.5 Å². The van der Waals surface area contributed by atoms with Crippen LogP contribution in [-0.2, 0) is 6.54 Å². The minimum Gasteiger partial charge on any atom is -0.384 e. The number of rotatable bonds is 9. The smallest absolute Gasteiger partial charge is 0.159 e. The highest BCUT2D eigenvalue weighted by atomic mass is 19.1. The second-order valence-corrected chi connectivity index (χ2v) is 11.7. The lowest BCUT2D eigenvalue weighted by molar-refractivity contribution is 0.220. The summed E-state index contributed by atoms with van der Waals surface area (Å²) in [5.41, 5.74) is 8.02. The second kappa shape index (κ2) is 12.1. The highest BCUT2D eigenvalue weighted by Gasteiger charge is 2.18. The van der Waals surface area contributed by atoms with Crippen molar-refractivity contribution < 1.29 is 4.39 Å². The SMILES string of the molecule is CN(C)CCNc1cc(F)cc(-c2cncc3[nH]c(-c4n[nH]c5cnc(-c6cncc(CN7CCCCC7)c6)cc45)nc23)c1. The van der Waals surface area contributed by atoms with Gasteiger partial charge < -0.3 is 15.2 Å². The molecule has 1 aliphatic heterocycles. The Bertz CT molecular complexity index is 1920. The monoisotopic (exact) mass is 590 g/mol. The van der Waals surface area contributed by atoms with Crippen molar-refractivity contribution in [1.82, 2.24) is 44.9 Å². The molecule has 0 unspecified atom stereocenters. The van der Waals surface area contributed by atoms with E-state index in [1.54, 1.807) is 18.6 Å². The molecule has 1 aliphatic rings. The fourth-order valence-corrected chi connectivity index (χ4v) is 5.87. The Hall–Kier alpha value is -4.74. The Balaban J connectivity index is 1.21. The first-order valence-electron chi connectivity index (χ1n) is 15.0. The summed E-state index contributed by atoms with van der Waals surface area (Å²) in [6.07, 6.45) is 12.9. The van der Waals surface area contributed by atoms with Gasteiger partial charge in [-0.25, -0.2) is 9.37 Å². The fourth-order valence-electron chi connectivity index (χ4n) is 5.87. The number of hydrogen-bond acceptors (Lipinski definition) is 8. The maximum absolute atomic E-state index is 14.7. The van der Waals surface area contributed by atoms with Gasteiger partial charge in [-0.1, -0.05) is 6.42 Å². The van der Waals surface area contributed by atoms with Gasteiger partial charge in [-0.15, -0.1) is 0 Å². The molecule has 44 heavy (non-hydrogen) atoms. The molecule has 6 aromatic rings. The van der Waals surface area contributed by atoms with Crippen molar-refractivity contribution >= 4 is 27.6 Å². The third-order valence-electron chi connectivity index (χ3n) is 8.11. The molecule has 5 aromatic heterocycles. The van der Waals surface area contributed by atoms with Gasteiger partial charge in [-0.3, -0.25) is 25.0 Å². The quantitative estimate of drug-likeness (QED) is 0.196. The number of halogens is 1. The molecule has 0 amide bonds. The molecule has 11 heteroatoms. The van der Waals surface area contributed by atoms with Gasteiger partial charge in [0.05, 0.1) is 34.6 Å². The van der Waals surface area contributed by atoms with Crippen LogP contribution in [0.1, 0.15) is 24.8 Å². The summed E-state index contributed by atoms with van der Waals surface area (Å²) >= 11 is 0. The molecule has 10 nitrogen and oxygen atoms in total. The second-order valence-electron chi connectivity index (χ2n) is 11.7. The lowest BCUT2D eigenvalue weighted by atomic mass is 10.1. The number of nitrogens with zero attached hydrogens (tertiary/aromatic N) is 7. The minimum atomic E-state index is -0.324. The highest BCUT2D eigenvalue weighted by Crippen LogP contribution is 2.33. The number of aromatic nitrogens is 7. The number of imidazole rings is 1. The fraction of sp³-hybridized carbons (Fsp3) is 0.303. The van der Waals surface area contributed by atoms with E-state index in [-0.39, 0.29) is 5.82 Å². The summed E-state index contributed by atoms with van der Waals surface area (Å²) in [6.45, 7) is 4.70. The standard InChI is InChI=1S/C33H35FN10/c1-43(2)9-6-37-25-12-22(11-24(34)13-25)27-17-36-18-30-31(27)40-33(39-30)32-26-14-28(38-19-29(26)41-42-32)23-10-21(15-35-16-23)20-44-7-4-3-5-8-44/h10-19,37H,3-9,20H2,1-2H3,(H,39,40)(H,41,42). The Labute approximate surface area is 254 Å². The van der Waals surface area contributed by atoms with Crippen molar-refractivity contribution in [2.45, 2.75) is 25.8 Å². The van der Waals surface area contributed by atoms with Crippen LogP contribution in [0.5, 0.6) is 0 Å². The number of pyridine rings is 3. The topological polar surface area (TPSA) is 115 Å². The number of piperidine rings is 1. The highest BCUT2D eigenvalue weighted by molar-refractivity contribution is 5.97. The molecule has 6 heterocycles. The summed E-state index contributed by atoms with van der Waals surface area (Å²) in [4.78, 5) is 26.6. The molecule has 0 spiro atoms. The summed E-state index contributed by atoms with van der Waals surface area (Å²) in [7, 11) is 4.01. The number of benzene rings is 1. The van der Waals surface area contributed by atoms with Crippen LogP contribution in [0.15, 0.2) is 61.3 Å². The molecule has 0 radical (unpaired) electrons. The molecular weight excluding hydrogens is 555 g/mol. The molecular formula is C33H35FN10. The van der Waals surface area contributed by atoms with Crippen LogP contribution in [0.2, 0.25) is 0 Å². The number of likely N-dealkylation sites (N-methyl/N-ethyl adjacent to an activating group) is 1. The van der Waals surface area contributed by atoms with Crippen molar-refractivity contribution in [1.29, 1.82) is 0 Å². The zero-order valence-corrected chi connectivity index (χ0v) is 24.9. The van der Waals surface area contributed by atoms with E-state index in [4.69, 9.17) is 9.97 Å². The molecule has 3 N–H and O–H groups in total. The van der Waals surface area contributed by atoms with E-state index in [0.29, 0.717) is 34.8 Å². The van der Waals surface area contributed by atoms with E-state index >= 15 is 0 Å². The van der Waals surface area contributed by atoms with Crippen LogP contribution < -0.4 is 5.32 Å². The number of anilines is 1. The van der Waals surface area contributed by atoms with Crippen LogP contribution in [0.4, 0.5) is 10.1 Å². The van der Waals surface area contributed by atoms with Crippen molar-refractivity contribution in [3.05, 3.63) is 72.7 Å². The van der Waals surface area contributed by atoms with Gasteiger partial charge in [0, 0.05) is 60.4 Å². The number of nitrogens with one attached hydrogen (secondary N) is 3. The average molecular weight is 591 g/mol. The van der Waals surface area contributed by atoms with Crippen LogP contribution in [-0.4, -0.2) is 85.2 Å². The predicted octanol–water partition coefficient (Wildman–Crippen LogP) is 5.72. The van der Waals surface area contributed by atoms with Gasteiger partial charge >= 0.3 is 0 Å². The van der Waals surface area contributed by atoms with Gasteiger partial charge in [0.2, 0.25) is 0 Å². The molecule has 7 rings (SSSR count). The molecule has 0 aliphatic carbocycles. The summed E-state index contributed by atoms with van der Waals surface area (Å²) in [5.74, 6) is 0.269. The Morgan fingerprint density at radius 2 is 1.77 bits per heavy atom. The molecule has 0 atom stereocenters. The number of aromatic amines is 2. The minimum absolute atomic E-state index is 0.324. The van der Waals surface area contributed by atoms with Gasteiger partial charge in [-0.2, -0.15) is 5.10 Å². The van der Waals surface area contributed by atoms with Crippen LogP contribution in [0, 0.1) is 5.82 Å². The first-order chi connectivity index (χ1) is 21.5. The zero-order chi connectivity index (χ0) is 30.0. The van der Waals surface area contributed by atoms with Crippen LogP contribution in [0.3, 0.4) is 0 Å². The summed E-state index contributed by atoms with van der Waals surface area (Å²) in [5, 5.41) is 11.9. The lowest BCUT2D eigenvalue weighted by Gasteiger charge is -2.26. The van der Waals surface area contributed by atoms with E-state index in [9.17, 15) is 4.39 Å². The first kappa shape index (κ1) is 28.1. The molecule has 0 bridgehead atoms. The normalized spacial score (nSPS) is 14.2. The van der Waals surface area contributed by atoms with E-state index in [1.165, 1.54) is 37.0 Å². The van der Waals surface area contributed by atoms with Gasteiger partial charge in [0.25, 0.3) is 0 Å². The van der Waals surface area contributed by atoms with E-state index in [0.717, 1.165) is 59.4 Å². The molecule has 1 fully saturated rings. The number of likely N-dealkylation sites (tertiary alicyclic amines) is 1. The van der Waals surface area contributed by atoms with Gasteiger partial charge in [0.15, 0.2) is 5.82 Å². The van der Waals surface area contributed by atoms with Crippen molar-refractivity contribution in [3.8, 4) is 33.9 Å². The maximum Gasteiger partial charge on any atom is 0.159 e. The van der Waals surface area contributed by atoms with Crippen molar-refractivity contribution in [2.24, 2.45) is 0 Å². The third-order valence-corrected chi connectivity index (χ3v) is 8.11. The summed E-state index contributed by atoms with van der Waals surface area (Å²) < 4.78 is 14.7. The van der Waals surface area contributed by atoms with Crippen LogP contribution in [0.25, 0.3) is 55.8 Å². The predicted molar refractivity (Wildman–Crippen MR) is 172 cm³/mol. The largest absolute Gasteiger partial charge is 0.384 e. The Kier molecular flexibility index (Phi) is 7.71. The summed E-state index contributed by atoms with van der Waals surface area (Å²) in [6, 6.07) is 9.15. The Morgan fingerprint density at radius 1 is 0.909 bits per heavy atom. The molecule has 1 aromatic carbocycles. The number of fused-ring (bicyclic) bond motifs is 2.